The Balaban J connectivity index is 1.12. The van der Waals surface area contributed by atoms with Gasteiger partial charge in [0.15, 0.2) is 0 Å². The summed E-state index contributed by atoms with van der Waals surface area (Å²) >= 11 is 1.53. The molecule has 1 amide bonds. The van der Waals surface area contributed by atoms with Gasteiger partial charge in [-0.15, -0.1) is 22.0 Å². The van der Waals surface area contributed by atoms with Gasteiger partial charge in [0.2, 0.25) is 12.3 Å². The van der Waals surface area contributed by atoms with Crippen LogP contribution >= 0.6 is 11.8 Å². The van der Waals surface area contributed by atoms with E-state index in [-0.39, 0.29) is 12.4 Å². The maximum absolute atomic E-state index is 14.1. The minimum absolute atomic E-state index is 0.0473. The number of anilines is 1. The van der Waals surface area contributed by atoms with Crippen molar-refractivity contribution in [2.24, 2.45) is 0 Å². The molecule has 4 aromatic rings. The highest BCUT2D eigenvalue weighted by molar-refractivity contribution is 7.98. The van der Waals surface area contributed by atoms with E-state index in [0.29, 0.717) is 36.7 Å². The lowest BCUT2D eigenvalue weighted by Gasteiger charge is -2.32. The Kier molecular flexibility index (Phi) is 8.04. The van der Waals surface area contributed by atoms with E-state index in [9.17, 15) is 18.0 Å². The number of thioether (sulfide) groups is 1. The molecular weight excluding hydrogens is 567 g/mol. The zero-order valence-electron chi connectivity index (χ0n) is 23.0. The van der Waals surface area contributed by atoms with Crippen LogP contribution in [0.2, 0.25) is 0 Å². The molecule has 0 spiro atoms. The van der Waals surface area contributed by atoms with Gasteiger partial charge in [0.1, 0.15) is 5.67 Å². The van der Waals surface area contributed by atoms with E-state index >= 15 is 0 Å². The smallest absolute Gasteiger partial charge is 0.314 e. The summed E-state index contributed by atoms with van der Waals surface area (Å²) in [6.07, 6.45) is 8.52. The van der Waals surface area contributed by atoms with E-state index < -0.39 is 18.0 Å². The summed E-state index contributed by atoms with van der Waals surface area (Å²) < 4.78 is 46.7. The van der Waals surface area contributed by atoms with Crippen molar-refractivity contribution in [3.8, 4) is 22.6 Å². The quantitative estimate of drug-likeness (QED) is 0.155. The molecule has 0 radical (unpaired) electrons. The van der Waals surface area contributed by atoms with Crippen LogP contribution in [0, 0.1) is 0 Å². The summed E-state index contributed by atoms with van der Waals surface area (Å²) in [6, 6.07) is 9.54. The third-order valence-electron chi connectivity index (χ3n) is 7.81. The Bertz CT molecular complexity index is 1530. The molecule has 1 saturated carbocycles. The largest absolute Gasteiger partial charge is 0.415 e. The van der Waals surface area contributed by atoms with Crippen molar-refractivity contribution in [3.63, 3.8) is 0 Å². The van der Waals surface area contributed by atoms with E-state index in [2.05, 4.69) is 31.4 Å². The van der Waals surface area contributed by atoms with E-state index in [0.717, 1.165) is 54.1 Å². The predicted molar refractivity (Wildman–Crippen MR) is 152 cm³/mol. The number of halogens is 3. The lowest BCUT2D eigenvalue weighted by molar-refractivity contribution is -0.107. The molecular formula is C29H30F3N7O2S. The van der Waals surface area contributed by atoms with E-state index in [1.165, 1.54) is 18.0 Å². The van der Waals surface area contributed by atoms with Crippen LogP contribution in [0.25, 0.3) is 22.6 Å². The molecule has 42 heavy (non-hydrogen) atoms. The summed E-state index contributed by atoms with van der Waals surface area (Å²) in [6.45, 7) is 2.53. The SMILES string of the molecule is CSc1cc(-c2cnn(C3CCN(CC4(F)CC4)CC3)c2)ccc1N(C=O)Cc1ccc(-c2nnc(C(F)F)o2)cn1. The fourth-order valence-electron chi connectivity index (χ4n) is 5.26. The van der Waals surface area contributed by atoms with Crippen LogP contribution in [0.5, 0.6) is 0 Å². The lowest BCUT2D eigenvalue weighted by atomic mass is 10.0. The van der Waals surface area contributed by atoms with Gasteiger partial charge in [-0.2, -0.15) is 13.9 Å². The number of amides is 1. The average Bonchev–Trinajstić information content (AvgIpc) is 3.37. The summed E-state index contributed by atoms with van der Waals surface area (Å²) in [5.41, 5.74) is 2.78. The molecule has 220 valence electrons. The summed E-state index contributed by atoms with van der Waals surface area (Å²) in [5, 5.41) is 11.6. The minimum Gasteiger partial charge on any atom is -0.415 e. The number of alkyl halides is 3. The number of nitrogens with zero attached hydrogens (tertiary/aromatic N) is 7. The maximum atomic E-state index is 14.1. The molecule has 1 aliphatic heterocycles. The van der Waals surface area contributed by atoms with Crippen LogP contribution in [0.3, 0.4) is 0 Å². The first kappa shape index (κ1) is 28.4. The second-order valence-electron chi connectivity index (χ2n) is 10.8. The second kappa shape index (κ2) is 11.9. The molecule has 13 heteroatoms. The van der Waals surface area contributed by atoms with Crippen molar-refractivity contribution < 1.29 is 22.4 Å². The number of rotatable bonds is 11. The lowest BCUT2D eigenvalue weighted by Crippen LogP contribution is -2.39. The highest BCUT2D eigenvalue weighted by Gasteiger charge is 2.44. The topological polar surface area (TPSA) is 93.2 Å². The molecule has 1 aromatic carbocycles. The molecule has 2 aliphatic rings. The van der Waals surface area contributed by atoms with Crippen LogP contribution in [0.4, 0.5) is 18.9 Å². The second-order valence-corrected chi connectivity index (χ2v) is 11.6. The van der Waals surface area contributed by atoms with Crippen LogP contribution in [-0.2, 0) is 11.3 Å². The van der Waals surface area contributed by atoms with E-state index in [1.807, 2.05) is 35.3 Å². The Hall–Kier alpha value is -3.71. The van der Waals surface area contributed by atoms with Crippen LogP contribution < -0.4 is 4.90 Å². The Morgan fingerprint density at radius 2 is 1.90 bits per heavy atom. The number of benzene rings is 1. The van der Waals surface area contributed by atoms with Crippen molar-refractivity contribution in [3.05, 3.63) is 60.5 Å². The predicted octanol–water partition coefficient (Wildman–Crippen LogP) is 5.96. The number of hydrogen-bond donors (Lipinski definition) is 0. The molecule has 0 N–H and O–H groups in total. The van der Waals surface area contributed by atoms with Gasteiger partial charge in [-0.3, -0.25) is 14.5 Å². The highest BCUT2D eigenvalue weighted by atomic mass is 32.2. The van der Waals surface area contributed by atoms with Gasteiger partial charge in [0.05, 0.1) is 35.7 Å². The summed E-state index contributed by atoms with van der Waals surface area (Å²) in [5.74, 6) is -0.794. The number of likely N-dealkylation sites (tertiary alicyclic amines) is 1. The normalized spacial score (nSPS) is 17.1. The minimum atomic E-state index is -2.85. The van der Waals surface area contributed by atoms with Gasteiger partial charge in [0.25, 0.3) is 5.89 Å². The zero-order valence-corrected chi connectivity index (χ0v) is 23.8. The molecule has 4 heterocycles. The third kappa shape index (κ3) is 6.21. The van der Waals surface area contributed by atoms with Gasteiger partial charge in [-0.05, 0) is 61.8 Å². The van der Waals surface area contributed by atoms with Gasteiger partial charge in [0, 0.05) is 42.5 Å². The molecule has 1 aliphatic carbocycles. The van der Waals surface area contributed by atoms with Crippen LogP contribution in [0.15, 0.2) is 58.2 Å². The summed E-state index contributed by atoms with van der Waals surface area (Å²) in [7, 11) is 0. The van der Waals surface area contributed by atoms with Gasteiger partial charge < -0.3 is 14.2 Å². The van der Waals surface area contributed by atoms with Crippen LogP contribution in [0.1, 0.15) is 49.7 Å². The molecule has 1 saturated heterocycles. The van der Waals surface area contributed by atoms with Crippen molar-refractivity contribution in [1.82, 2.24) is 29.9 Å². The number of carbonyl (C=O) groups is 1. The number of pyridine rings is 1. The Labute approximate surface area is 245 Å². The zero-order chi connectivity index (χ0) is 29.3. The van der Waals surface area contributed by atoms with Crippen molar-refractivity contribution >= 4 is 23.9 Å². The fourth-order valence-corrected chi connectivity index (χ4v) is 5.89. The van der Waals surface area contributed by atoms with Gasteiger partial charge in [-0.25, -0.2) is 4.39 Å². The number of piperidine rings is 1. The van der Waals surface area contributed by atoms with Gasteiger partial charge in [-0.1, -0.05) is 6.07 Å². The van der Waals surface area contributed by atoms with Crippen molar-refractivity contribution in [1.29, 1.82) is 0 Å². The number of aromatic nitrogens is 5. The first-order chi connectivity index (χ1) is 20.3. The van der Waals surface area contributed by atoms with Crippen molar-refractivity contribution in [2.75, 3.05) is 30.8 Å². The molecule has 0 unspecified atom stereocenters. The molecule has 9 nitrogen and oxygen atoms in total. The molecule has 0 atom stereocenters. The van der Waals surface area contributed by atoms with E-state index in [4.69, 9.17) is 4.42 Å². The third-order valence-corrected chi connectivity index (χ3v) is 8.58. The molecule has 6 rings (SSSR count). The fraction of sp³-hybridized carbons (Fsp3) is 0.414. The number of carbonyl (C=O) groups excluding carboxylic acids is 1. The standard InChI is InChI=1S/C29H30F3N7O2S/c1-42-25-12-19(21-14-34-39(15-21)23-6-10-37(11-7-23)17-29(32)8-9-29)3-5-24(25)38(18-40)16-22-4-2-20(13-33-22)27-35-36-28(41-27)26(30)31/h2-5,12-15,18,23,26H,6-11,16-17H2,1H3. The monoisotopic (exact) mass is 597 g/mol. The van der Waals surface area contributed by atoms with E-state index in [1.54, 1.807) is 17.0 Å². The van der Waals surface area contributed by atoms with Crippen molar-refractivity contribution in [2.45, 2.75) is 55.3 Å². The van der Waals surface area contributed by atoms with Crippen LogP contribution in [-0.4, -0.2) is 67.8 Å². The Morgan fingerprint density at radius 3 is 2.55 bits per heavy atom. The van der Waals surface area contributed by atoms with Gasteiger partial charge >= 0.3 is 6.43 Å². The maximum Gasteiger partial charge on any atom is 0.314 e. The first-order valence-corrected chi connectivity index (χ1v) is 15.0. The Morgan fingerprint density at radius 1 is 1.12 bits per heavy atom. The first-order valence-electron chi connectivity index (χ1n) is 13.8. The molecule has 3 aromatic heterocycles. The molecule has 2 fully saturated rings. The number of hydrogen-bond acceptors (Lipinski definition) is 8. The molecule has 0 bridgehead atoms. The summed E-state index contributed by atoms with van der Waals surface area (Å²) in [4.78, 5) is 21.2. The highest BCUT2D eigenvalue weighted by Crippen LogP contribution is 2.41. The average molecular weight is 598 g/mol.